The van der Waals surface area contributed by atoms with E-state index in [0.717, 1.165) is 12.8 Å². The molecule has 2 amide bonds. The number of nitrogens with zero attached hydrogens (tertiary/aromatic N) is 1. The first-order chi connectivity index (χ1) is 9.97. The number of carbonyl (C=O) groups is 3. The van der Waals surface area contributed by atoms with Crippen LogP contribution in [0.5, 0.6) is 0 Å². The molecule has 1 heterocycles. The topological polar surface area (TPSA) is 108 Å². The number of nitrogens with one attached hydrogen (secondary N) is 2. The fourth-order valence-corrected chi connectivity index (χ4v) is 3.24. The van der Waals surface area contributed by atoms with E-state index in [-0.39, 0.29) is 29.3 Å². The summed E-state index contributed by atoms with van der Waals surface area (Å²) in [7, 11) is 0. The lowest BCUT2D eigenvalue weighted by molar-refractivity contribution is -0.142. The van der Waals surface area contributed by atoms with Gasteiger partial charge < -0.3 is 15.7 Å². The number of carboxylic acid groups (broad SMARTS) is 1. The number of hydrogen-bond acceptors (Lipinski definition) is 5. The van der Waals surface area contributed by atoms with Crippen molar-refractivity contribution in [3.05, 3.63) is 11.1 Å². The highest BCUT2D eigenvalue weighted by molar-refractivity contribution is 7.14. The zero-order chi connectivity index (χ0) is 15.4. The molecule has 0 aliphatic heterocycles. The molecule has 2 unspecified atom stereocenters. The van der Waals surface area contributed by atoms with Gasteiger partial charge in [-0.3, -0.25) is 14.4 Å². The van der Waals surface area contributed by atoms with E-state index in [2.05, 4.69) is 15.6 Å². The monoisotopic (exact) mass is 311 g/mol. The summed E-state index contributed by atoms with van der Waals surface area (Å²) in [4.78, 5) is 37.9. The summed E-state index contributed by atoms with van der Waals surface area (Å²) in [6.07, 6.45) is 2.35. The van der Waals surface area contributed by atoms with Gasteiger partial charge in [0.15, 0.2) is 5.13 Å². The van der Waals surface area contributed by atoms with Crippen molar-refractivity contribution >= 4 is 34.3 Å². The second-order valence-corrected chi connectivity index (χ2v) is 5.92. The van der Waals surface area contributed by atoms with Crippen LogP contribution in [0.3, 0.4) is 0 Å². The van der Waals surface area contributed by atoms with Crippen molar-refractivity contribution in [3.8, 4) is 0 Å². The predicted octanol–water partition coefficient (Wildman–Crippen LogP) is 1.33. The quantitative estimate of drug-likeness (QED) is 0.760. The van der Waals surface area contributed by atoms with Crippen LogP contribution >= 0.6 is 11.3 Å². The number of aromatic nitrogens is 1. The van der Waals surface area contributed by atoms with E-state index in [1.54, 1.807) is 5.38 Å². The van der Waals surface area contributed by atoms with Gasteiger partial charge in [0, 0.05) is 18.8 Å². The van der Waals surface area contributed by atoms with Crippen LogP contribution in [-0.4, -0.2) is 34.4 Å². The Morgan fingerprint density at radius 3 is 2.86 bits per heavy atom. The van der Waals surface area contributed by atoms with Crippen molar-refractivity contribution in [1.29, 1.82) is 0 Å². The fraction of sp³-hybridized carbons (Fsp3) is 0.538. The molecule has 0 spiro atoms. The molecule has 0 aromatic carbocycles. The summed E-state index contributed by atoms with van der Waals surface area (Å²) >= 11 is 1.17. The fourth-order valence-electron chi connectivity index (χ4n) is 2.51. The van der Waals surface area contributed by atoms with Gasteiger partial charge in [0.2, 0.25) is 5.91 Å². The minimum absolute atomic E-state index is 0.0279. The van der Waals surface area contributed by atoms with Gasteiger partial charge in [-0.15, -0.1) is 11.3 Å². The molecule has 21 heavy (non-hydrogen) atoms. The van der Waals surface area contributed by atoms with E-state index in [4.69, 9.17) is 5.11 Å². The maximum atomic E-state index is 11.9. The second kappa shape index (κ2) is 6.66. The lowest BCUT2D eigenvalue weighted by Crippen LogP contribution is -2.33. The SMILES string of the molecule is CC(=O)Nc1nc(C(=O)NCC2CCCC2C(=O)O)cs1. The van der Waals surface area contributed by atoms with Gasteiger partial charge in [-0.25, -0.2) is 4.98 Å². The smallest absolute Gasteiger partial charge is 0.306 e. The number of aliphatic carboxylic acids is 1. The molecule has 0 radical (unpaired) electrons. The van der Waals surface area contributed by atoms with Gasteiger partial charge in [0.25, 0.3) is 5.91 Å². The summed E-state index contributed by atoms with van der Waals surface area (Å²) in [6.45, 7) is 1.70. The summed E-state index contributed by atoms with van der Waals surface area (Å²) in [5.74, 6) is -1.80. The molecule has 1 aromatic heterocycles. The van der Waals surface area contributed by atoms with E-state index >= 15 is 0 Å². The summed E-state index contributed by atoms with van der Waals surface area (Å²) in [5, 5.41) is 16.3. The molecule has 1 aliphatic rings. The molecule has 2 atom stereocenters. The maximum Gasteiger partial charge on any atom is 0.306 e. The number of carbonyl (C=O) groups excluding carboxylic acids is 2. The molecular weight excluding hydrogens is 294 g/mol. The van der Waals surface area contributed by atoms with Crippen LogP contribution in [0, 0.1) is 11.8 Å². The number of amides is 2. The Bertz CT molecular complexity index is 557. The van der Waals surface area contributed by atoms with E-state index < -0.39 is 5.97 Å². The number of carboxylic acids is 1. The Hall–Kier alpha value is -1.96. The Labute approximate surface area is 125 Å². The van der Waals surface area contributed by atoms with Crippen LogP contribution < -0.4 is 10.6 Å². The van der Waals surface area contributed by atoms with Gasteiger partial charge in [0.1, 0.15) is 5.69 Å². The lowest BCUT2D eigenvalue weighted by Gasteiger charge is -2.15. The van der Waals surface area contributed by atoms with Crippen LogP contribution in [0.25, 0.3) is 0 Å². The molecule has 114 valence electrons. The van der Waals surface area contributed by atoms with Crippen LogP contribution in [-0.2, 0) is 9.59 Å². The first-order valence-corrected chi connectivity index (χ1v) is 7.59. The van der Waals surface area contributed by atoms with Crippen molar-refractivity contribution in [1.82, 2.24) is 10.3 Å². The first-order valence-electron chi connectivity index (χ1n) is 6.71. The highest BCUT2D eigenvalue weighted by atomic mass is 32.1. The third-order valence-corrected chi connectivity index (χ3v) is 4.28. The largest absolute Gasteiger partial charge is 0.481 e. The predicted molar refractivity (Wildman–Crippen MR) is 77.2 cm³/mol. The Morgan fingerprint density at radius 2 is 2.19 bits per heavy atom. The molecule has 0 bridgehead atoms. The summed E-state index contributed by atoms with van der Waals surface area (Å²) in [6, 6.07) is 0. The van der Waals surface area contributed by atoms with Gasteiger partial charge in [-0.1, -0.05) is 6.42 Å². The van der Waals surface area contributed by atoms with Gasteiger partial charge in [-0.2, -0.15) is 0 Å². The van der Waals surface area contributed by atoms with Crippen LogP contribution in [0.2, 0.25) is 0 Å². The molecule has 1 fully saturated rings. The van der Waals surface area contributed by atoms with Crippen LogP contribution in [0.4, 0.5) is 5.13 Å². The number of anilines is 1. The third-order valence-electron chi connectivity index (χ3n) is 3.52. The molecule has 7 nitrogen and oxygen atoms in total. The molecule has 1 aliphatic carbocycles. The molecule has 3 N–H and O–H groups in total. The Kier molecular flexibility index (Phi) is 4.89. The highest BCUT2D eigenvalue weighted by Crippen LogP contribution is 2.31. The van der Waals surface area contributed by atoms with E-state index in [1.165, 1.54) is 18.3 Å². The van der Waals surface area contributed by atoms with Crippen molar-refractivity contribution in [3.63, 3.8) is 0 Å². The molecule has 0 saturated heterocycles. The Morgan fingerprint density at radius 1 is 1.43 bits per heavy atom. The van der Waals surface area contributed by atoms with Gasteiger partial charge in [0.05, 0.1) is 5.92 Å². The van der Waals surface area contributed by atoms with Crippen molar-refractivity contribution < 1.29 is 19.5 Å². The average molecular weight is 311 g/mol. The number of rotatable bonds is 5. The van der Waals surface area contributed by atoms with E-state index in [0.29, 0.717) is 18.1 Å². The zero-order valence-corrected chi connectivity index (χ0v) is 12.4. The van der Waals surface area contributed by atoms with Crippen molar-refractivity contribution in [2.75, 3.05) is 11.9 Å². The first kappa shape index (κ1) is 15.4. The third kappa shape index (κ3) is 4.01. The minimum atomic E-state index is -0.798. The maximum absolute atomic E-state index is 11.9. The standard InChI is InChI=1S/C13H17N3O4S/c1-7(17)15-13-16-10(6-21-13)11(18)14-5-8-3-2-4-9(8)12(19)20/h6,8-9H,2-5H2,1H3,(H,14,18)(H,19,20)(H,15,16,17). The average Bonchev–Trinajstić information content (AvgIpc) is 3.03. The van der Waals surface area contributed by atoms with E-state index in [1.807, 2.05) is 0 Å². The molecule has 1 aromatic rings. The molecule has 1 saturated carbocycles. The van der Waals surface area contributed by atoms with Crippen LogP contribution in [0.1, 0.15) is 36.7 Å². The van der Waals surface area contributed by atoms with Crippen LogP contribution in [0.15, 0.2) is 5.38 Å². The van der Waals surface area contributed by atoms with E-state index in [9.17, 15) is 14.4 Å². The summed E-state index contributed by atoms with van der Waals surface area (Å²) in [5.41, 5.74) is 0.230. The molecular formula is C13H17N3O4S. The molecule has 8 heteroatoms. The van der Waals surface area contributed by atoms with Crippen molar-refractivity contribution in [2.24, 2.45) is 11.8 Å². The molecule has 2 rings (SSSR count). The van der Waals surface area contributed by atoms with Gasteiger partial charge >= 0.3 is 5.97 Å². The zero-order valence-electron chi connectivity index (χ0n) is 11.6. The highest BCUT2D eigenvalue weighted by Gasteiger charge is 2.33. The number of thiazole rings is 1. The van der Waals surface area contributed by atoms with Crippen molar-refractivity contribution in [2.45, 2.75) is 26.2 Å². The minimum Gasteiger partial charge on any atom is -0.481 e. The normalized spacial score (nSPS) is 21.0. The second-order valence-electron chi connectivity index (χ2n) is 5.06. The number of hydrogen-bond donors (Lipinski definition) is 3. The Balaban J connectivity index is 1.88. The van der Waals surface area contributed by atoms with Gasteiger partial charge in [-0.05, 0) is 18.8 Å². The summed E-state index contributed by atoms with van der Waals surface area (Å²) < 4.78 is 0. The lowest BCUT2D eigenvalue weighted by atomic mass is 9.96.